The molecular weight excluding hydrogens is 114 g/mol. The summed E-state index contributed by atoms with van der Waals surface area (Å²) in [4.78, 5) is 0. The molecule has 3 nitrogen and oxygen atoms in total. The third-order valence-electron chi connectivity index (χ3n) is 1.55. The molecule has 1 heterocycles. The van der Waals surface area contributed by atoms with Gasteiger partial charge in [-0.25, -0.2) is 0 Å². The van der Waals surface area contributed by atoms with Gasteiger partial charge in [0.15, 0.2) is 0 Å². The summed E-state index contributed by atoms with van der Waals surface area (Å²) in [6, 6.07) is 0. The Kier molecular flexibility index (Phi) is 1.82. The third-order valence-corrected chi connectivity index (χ3v) is 1.55. The number of hydrogen-bond acceptors (Lipinski definition) is 2. The number of aromatic amines is 1. The Labute approximate surface area is 54.5 Å². The fraction of sp³-hybridized carbons (Fsp3) is 0.667. The SMILES string of the molecule is CC[C@@H](C)c1cn[nH]n1. The van der Waals surface area contributed by atoms with Crippen molar-refractivity contribution in [1.82, 2.24) is 15.4 Å². The van der Waals surface area contributed by atoms with Crippen molar-refractivity contribution < 1.29 is 0 Å². The molecule has 0 bridgehead atoms. The van der Waals surface area contributed by atoms with Crippen molar-refractivity contribution in [2.24, 2.45) is 0 Å². The Morgan fingerprint density at radius 2 is 2.56 bits per heavy atom. The summed E-state index contributed by atoms with van der Waals surface area (Å²) < 4.78 is 0. The van der Waals surface area contributed by atoms with E-state index in [2.05, 4.69) is 29.3 Å². The number of H-pyrrole nitrogens is 1. The lowest BCUT2D eigenvalue weighted by molar-refractivity contribution is 0.702. The van der Waals surface area contributed by atoms with Gasteiger partial charge in [0.2, 0.25) is 0 Å². The van der Waals surface area contributed by atoms with Gasteiger partial charge in [-0.15, -0.1) is 0 Å². The fourth-order valence-corrected chi connectivity index (χ4v) is 0.657. The maximum Gasteiger partial charge on any atom is 0.0852 e. The highest BCUT2D eigenvalue weighted by molar-refractivity contribution is 4.97. The molecule has 0 saturated carbocycles. The predicted molar refractivity (Wildman–Crippen MR) is 35.1 cm³/mol. The molecule has 0 saturated heterocycles. The predicted octanol–water partition coefficient (Wildman–Crippen LogP) is 1.32. The van der Waals surface area contributed by atoms with Gasteiger partial charge in [-0.3, -0.25) is 0 Å². The molecule has 1 N–H and O–H groups in total. The van der Waals surface area contributed by atoms with E-state index < -0.39 is 0 Å². The van der Waals surface area contributed by atoms with E-state index in [0.29, 0.717) is 5.92 Å². The van der Waals surface area contributed by atoms with Crippen LogP contribution in [0.5, 0.6) is 0 Å². The summed E-state index contributed by atoms with van der Waals surface area (Å²) in [5.74, 6) is 0.531. The van der Waals surface area contributed by atoms with Gasteiger partial charge in [-0.2, -0.15) is 15.4 Å². The summed E-state index contributed by atoms with van der Waals surface area (Å²) in [6.45, 7) is 4.28. The lowest BCUT2D eigenvalue weighted by atomic mass is 10.1. The molecule has 0 amide bonds. The number of hydrogen-bond donors (Lipinski definition) is 1. The monoisotopic (exact) mass is 125 g/mol. The van der Waals surface area contributed by atoms with Crippen LogP contribution >= 0.6 is 0 Å². The van der Waals surface area contributed by atoms with Crippen LogP contribution in [0.4, 0.5) is 0 Å². The normalized spacial score (nSPS) is 13.6. The molecular formula is C6H11N3. The van der Waals surface area contributed by atoms with Crippen LogP contribution in [0.2, 0.25) is 0 Å². The molecule has 9 heavy (non-hydrogen) atoms. The fourth-order valence-electron chi connectivity index (χ4n) is 0.657. The molecule has 0 unspecified atom stereocenters. The van der Waals surface area contributed by atoms with Crippen molar-refractivity contribution in [3.8, 4) is 0 Å². The zero-order chi connectivity index (χ0) is 6.69. The van der Waals surface area contributed by atoms with Crippen molar-refractivity contribution in [3.05, 3.63) is 11.9 Å². The molecule has 0 aliphatic carbocycles. The minimum absolute atomic E-state index is 0.531. The largest absolute Gasteiger partial charge is 0.198 e. The van der Waals surface area contributed by atoms with Gasteiger partial charge >= 0.3 is 0 Å². The highest BCUT2D eigenvalue weighted by Gasteiger charge is 2.03. The molecule has 3 heteroatoms. The lowest BCUT2D eigenvalue weighted by Gasteiger charge is -1.99. The first-order valence-electron chi connectivity index (χ1n) is 3.20. The quantitative estimate of drug-likeness (QED) is 0.647. The van der Waals surface area contributed by atoms with Crippen LogP contribution in [0.3, 0.4) is 0 Å². The Balaban J connectivity index is 2.65. The topological polar surface area (TPSA) is 41.6 Å². The summed E-state index contributed by atoms with van der Waals surface area (Å²) in [6.07, 6.45) is 2.89. The Morgan fingerprint density at radius 3 is 3.00 bits per heavy atom. The second kappa shape index (κ2) is 2.62. The van der Waals surface area contributed by atoms with Gasteiger partial charge < -0.3 is 0 Å². The van der Waals surface area contributed by atoms with E-state index in [9.17, 15) is 0 Å². The number of aromatic nitrogens is 3. The molecule has 1 aromatic heterocycles. The van der Waals surface area contributed by atoms with Gasteiger partial charge in [0.25, 0.3) is 0 Å². The van der Waals surface area contributed by atoms with Crippen molar-refractivity contribution >= 4 is 0 Å². The molecule has 50 valence electrons. The van der Waals surface area contributed by atoms with Crippen LogP contribution < -0.4 is 0 Å². The van der Waals surface area contributed by atoms with Crippen LogP contribution in [0.15, 0.2) is 6.20 Å². The van der Waals surface area contributed by atoms with E-state index >= 15 is 0 Å². The molecule has 0 aromatic carbocycles. The van der Waals surface area contributed by atoms with E-state index in [1.165, 1.54) is 0 Å². The molecule has 0 radical (unpaired) electrons. The van der Waals surface area contributed by atoms with E-state index in [1.54, 1.807) is 6.20 Å². The van der Waals surface area contributed by atoms with Gasteiger partial charge in [0.1, 0.15) is 0 Å². The zero-order valence-corrected chi connectivity index (χ0v) is 5.76. The van der Waals surface area contributed by atoms with Gasteiger partial charge in [-0.1, -0.05) is 13.8 Å². The smallest absolute Gasteiger partial charge is 0.0852 e. The van der Waals surface area contributed by atoms with E-state index in [4.69, 9.17) is 0 Å². The number of nitrogens with one attached hydrogen (secondary N) is 1. The first-order chi connectivity index (χ1) is 4.34. The van der Waals surface area contributed by atoms with Crippen LogP contribution in [0.25, 0.3) is 0 Å². The molecule has 1 rings (SSSR count). The van der Waals surface area contributed by atoms with Gasteiger partial charge in [-0.05, 0) is 6.42 Å². The second-order valence-corrected chi connectivity index (χ2v) is 2.20. The van der Waals surface area contributed by atoms with E-state index in [0.717, 1.165) is 12.1 Å². The second-order valence-electron chi connectivity index (χ2n) is 2.20. The van der Waals surface area contributed by atoms with Crippen molar-refractivity contribution in [2.75, 3.05) is 0 Å². The third kappa shape index (κ3) is 1.28. The van der Waals surface area contributed by atoms with Crippen LogP contribution in [0.1, 0.15) is 31.9 Å². The summed E-state index contributed by atoms with van der Waals surface area (Å²) in [5.41, 5.74) is 1.05. The number of rotatable bonds is 2. The highest BCUT2D eigenvalue weighted by Crippen LogP contribution is 2.12. The Morgan fingerprint density at radius 1 is 1.78 bits per heavy atom. The first kappa shape index (κ1) is 6.26. The van der Waals surface area contributed by atoms with Crippen molar-refractivity contribution in [3.63, 3.8) is 0 Å². The average molecular weight is 125 g/mol. The van der Waals surface area contributed by atoms with E-state index in [-0.39, 0.29) is 0 Å². The first-order valence-corrected chi connectivity index (χ1v) is 3.20. The van der Waals surface area contributed by atoms with Crippen molar-refractivity contribution in [1.29, 1.82) is 0 Å². The minimum atomic E-state index is 0.531. The average Bonchev–Trinajstić information content (AvgIpc) is 2.37. The molecule has 1 atom stereocenters. The zero-order valence-electron chi connectivity index (χ0n) is 5.76. The standard InChI is InChI=1S/C6H11N3/c1-3-5(2)6-4-7-9-8-6/h4-5H,3H2,1-2H3,(H,7,8,9)/t5-/m1/s1. The summed E-state index contributed by atoms with van der Waals surface area (Å²) in [5, 5.41) is 10.3. The van der Waals surface area contributed by atoms with Crippen molar-refractivity contribution in [2.45, 2.75) is 26.2 Å². The molecule has 0 aliphatic rings. The molecule has 0 aliphatic heterocycles. The highest BCUT2D eigenvalue weighted by atomic mass is 15.3. The Bertz CT molecular complexity index is 157. The molecule has 0 fully saturated rings. The maximum absolute atomic E-state index is 3.95. The maximum atomic E-state index is 3.95. The Hall–Kier alpha value is -0.860. The molecule has 0 spiro atoms. The van der Waals surface area contributed by atoms with Crippen LogP contribution in [-0.4, -0.2) is 15.4 Å². The minimum Gasteiger partial charge on any atom is -0.198 e. The molecule has 1 aromatic rings. The number of nitrogens with zero attached hydrogens (tertiary/aromatic N) is 2. The lowest BCUT2D eigenvalue weighted by Crippen LogP contribution is -1.90. The van der Waals surface area contributed by atoms with Gasteiger partial charge in [0.05, 0.1) is 11.9 Å². The summed E-state index contributed by atoms with van der Waals surface area (Å²) >= 11 is 0. The van der Waals surface area contributed by atoms with Crippen LogP contribution in [-0.2, 0) is 0 Å². The van der Waals surface area contributed by atoms with E-state index in [1.807, 2.05) is 0 Å². The summed E-state index contributed by atoms with van der Waals surface area (Å²) in [7, 11) is 0. The van der Waals surface area contributed by atoms with Gasteiger partial charge in [0, 0.05) is 5.92 Å². The van der Waals surface area contributed by atoms with Crippen LogP contribution in [0, 0.1) is 0 Å².